The molecule has 2 rings (SSSR count). The Bertz CT molecular complexity index is 664. The molecule has 9 heteroatoms. The largest absolute Gasteiger partial charge is 0.382 e. The summed E-state index contributed by atoms with van der Waals surface area (Å²) in [6.45, 7) is 0. The monoisotopic (exact) mass is 268 g/mol. The normalized spacial score (nSPS) is 11.4. The van der Waals surface area contributed by atoms with Gasteiger partial charge in [-0.15, -0.1) is 5.10 Å². The van der Waals surface area contributed by atoms with E-state index in [1.54, 1.807) is 13.1 Å². The van der Waals surface area contributed by atoms with Gasteiger partial charge >= 0.3 is 0 Å². The predicted molar refractivity (Wildman–Crippen MR) is 66.2 cm³/mol. The SMILES string of the molecule is CNc1nn(-c2ncccn2)c(N)c1S(C)(=O)=O. The van der Waals surface area contributed by atoms with Crippen molar-refractivity contribution in [3.05, 3.63) is 18.5 Å². The summed E-state index contributed by atoms with van der Waals surface area (Å²) in [5.41, 5.74) is 5.80. The smallest absolute Gasteiger partial charge is 0.252 e. The van der Waals surface area contributed by atoms with E-state index in [0.717, 1.165) is 6.26 Å². The minimum absolute atomic E-state index is 0.0203. The lowest BCUT2D eigenvalue weighted by Crippen LogP contribution is -2.08. The summed E-state index contributed by atoms with van der Waals surface area (Å²) in [7, 11) is -1.93. The first kappa shape index (κ1) is 12.3. The Morgan fingerprint density at radius 3 is 2.39 bits per heavy atom. The summed E-state index contributed by atoms with van der Waals surface area (Å²) >= 11 is 0. The third kappa shape index (κ3) is 1.99. The number of aromatic nitrogens is 4. The quantitative estimate of drug-likeness (QED) is 0.784. The van der Waals surface area contributed by atoms with Crippen LogP contribution >= 0.6 is 0 Å². The third-order valence-corrected chi connectivity index (χ3v) is 3.37. The van der Waals surface area contributed by atoms with Gasteiger partial charge < -0.3 is 11.1 Å². The Balaban J connectivity index is 2.70. The molecule has 0 bridgehead atoms. The first-order valence-electron chi connectivity index (χ1n) is 4.99. The number of nitrogens with one attached hydrogen (secondary N) is 1. The second-order valence-corrected chi connectivity index (χ2v) is 5.50. The van der Waals surface area contributed by atoms with E-state index in [1.165, 1.54) is 17.1 Å². The minimum Gasteiger partial charge on any atom is -0.382 e. The van der Waals surface area contributed by atoms with Crippen molar-refractivity contribution in [2.45, 2.75) is 4.90 Å². The summed E-state index contributed by atoms with van der Waals surface area (Å²) in [5, 5.41) is 6.73. The number of nitrogens with two attached hydrogens (primary N) is 1. The van der Waals surface area contributed by atoms with Gasteiger partial charge in [0.25, 0.3) is 5.95 Å². The fraction of sp³-hybridized carbons (Fsp3) is 0.222. The molecule has 96 valence electrons. The van der Waals surface area contributed by atoms with E-state index in [1.807, 2.05) is 0 Å². The van der Waals surface area contributed by atoms with Gasteiger partial charge in [0.1, 0.15) is 0 Å². The van der Waals surface area contributed by atoms with E-state index < -0.39 is 9.84 Å². The van der Waals surface area contributed by atoms with Crippen LogP contribution in [-0.4, -0.2) is 41.5 Å². The van der Waals surface area contributed by atoms with Crippen molar-refractivity contribution in [2.24, 2.45) is 0 Å². The topological polar surface area (TPSA) is 116 Å². The molecule has 0 saturated heterocycles. The maximum atomic E-state index is 11.7. The summed E-state index contributed by atoms with van der Waals surface area (Å²) in [5.74, 6) is 0.358. The van der Waals surface area contributed by atoms with Gasteiger partial charge in [0.05, 0.1) is 0 Å². The molecule has 0 aliphatic heterocycles. The summed E-state index contributed by atoms with van der Waals surface area (Å²) in [4.78, 5) is 7.88. The highest BCUT2D eigenvalue weighted by molar-refractivity contribution is 7.91. The molecule has 18 heavy (non-hydrogen) atoms. The van der Waals surface area contributed by atoms with Crippen LogP contribution in [0.25, 0.3) is 5.95 Å². The lowest BCUT2D eigenvalue weighted by atomic mass is 10.6. The molecule has 0 radical (unpaired) electrons. The molecule has 0 unspecified atom stereocenters. The highest BCUT2D eigenvalue weighted by atomic mass is 32.2. The predicted octanol–water partition coefficient (Wildman–Crippen LogP) is -0.310. The number of hydrogen-bond donors (Lipinski definition) is 2. The van der Waals surface area contributed by atoms with Crippen LogP contribution in [0.2, 0.25) is 0 Å². The molecule has 3 N–H and O–H groups in total. The highest BCUT2D eigenvalue weighted by Gasteiger charge is 2.24. The van der Waals surface area contributed by atoms with Crippen LogP contribution in [0.15, 0.2) is 23.4 Å². The van der Waals surface area contributed by atoms with Gasteiger partial charge in [-0.1, -0.05) is 0 Å². The third-order valence-electron chi connectivity index (χ3n) is 2.23. The van der Waals surface area contributed by atoms with E-state index in [2.05, 4.69) is 20.4 Å². The van der Waals surface area contributed by atoms with Gasteiger partial charge in [-0.2, -0.15) is 4.68 Å². The van der Waals surface area contributed by atoms with Gasteiger partial charge in [-0.3, -0.25) is 0 Å². The Labute approximate surface area is 104 Å². The molecule has 2 heterocycles. The zero-order valence-electron chi connectivity index (χ0n) is 9.82. The standard InChI is InChI=1S/C9H12N6O2S/c1-11-8-6(18(2,16)17)7(10)15(14-8)9-12-4-3-5-13-9/h3-5H,10H2,1-2H3,(H,11,14). The summed E-state index contributed by atoms with van der Waals surface area (Å²) in [6, 6.07) is 1.64. The molecule has 0 atom stereocenters. The number of anilines is 2. The summed E-state index contributed by atoms with van der Waals surface area (Å²) in [6.07, 6.45) is 4.10. The van der Waals surface area contributed by atoms with Crippen LogP contribution < -0.4 is 11.1 Å². The number of nitrogen functional groups attached to an aromatic ring is 1. The van der Waals surface area contributed by atoms with Crippen LogP contribution in [-0.2, 0) is 9.84 Å². The van der Waals surface area contributed by atoms with E-state index >= 15 is 0 Å². The maximum absolute atomic E-state index is 11.7. The summed E-state index contributed by atoms with van der Waals surface area (Å²) < 4.78 is 24.5. The van der Waals surface area contributed by atoms with Crippen molar-refractivity contribution in [1.29, 1.82) is 0 Å². The maximum Gasteiger partial charge on any atom is 0.252 e. The Morgan fingerprint density at radius 1 is 1.33 bits per heavy atom. The first-order chi connectivity index (χ1) is 8.45. The van der Waals surface area contributed by atoms with Gasteiger partial charge in [-0.25, -0.2) is 18.4 Å². The van der Waals surface area contributed by atoms with Crippen molar-refractivity contribution >= 4 is 21.5 Å². The van der Waals surface area contributed by atoms with Gasteiger partial charge in [0.15, 0.2) is 26.4 Å². The second kappa shape index (κ2) is 4.26. The molecular weight excluding hydrogens is 256 g/mol. The molecule has 2 aromatic heterocycles. The van der Waals surface area contributed by atoms with Crippen molar-refractivity contribution in [2.75, 3.05) is 24.4 Å². The van der Waals surface area contributed by atoms with E-state index in [0.29, 0.717) is 0 Å². The van der Waals surface area contributed by atoms with Crippen molar-refractivity contribution in [3.8, 4) is 5.95 Å². The van der Waals surface area contributed by atoms with Crippen molar-refractivity contribution in [3.63, 3.8) is 0 Å². The van der Waals surface area contributed by atoms with E-state index in [-0.39, 0.29) is 22.5 Å². The number of hydrogen-bond acceptors (Lipinski definition) is 7. The first-order valence-corrected chi connectivity index (χ1v) is 6.88. The van der Waals surface area contributed by atoms with Crippen molar-refractivity contribution in [1.82, 2.24) is 19.7 Å². The molecule has 0 amide bonds. The zero-order valence-corrected chi connectivity index (χ0v) is 10.6. The lowest BCUT2D eigenvalue weighted by molar-refractivity contribution is 0.602. The fourth-order valence-electron chi connectivity index (χ4n) is 1.50. The molecule has 8 nitrogen and oxygen atoms in total. The van der Waals surface area contributed by atoms with Crippen LogP contribution in [0.5, 0.6) is 0 Å². The van der Waals surface area contributed by atoms with Crippen LogP contribution in [0, 0.1) is 0 Å². The molecule has 0 fully saturated rings. The molecule has 0 spiro atoms. The molecule has 0 aliphatic rings. The number of rotatable bonds is 3. The average Bonchev–Trinajstić information content (AvgIpc) is 2.67. The number of nitrogens with zero attached hydrogens (tertiary/aromatic N) is 4. The molecular formula is C9H12N6O2S. The Morgan fingerprint density at radius 2 is 1.94 bits per heavy atom. The fourth-order valence-corrected chi connectivity index (χ4v) is 2.46. The minimum atomic E-state index is -3.49. The number of sulfone groups is 1. The lowest BCUT2D eigenvalue weighted by Gasteiger charge is -2.01. The van der Waals surface area contributed by atoms with E-state index in [9.17, 15) is 8.42 Å². The van der Waals surface area contributed by atoms with Crippen LogP contribution in [0.4, 0.5) is 11.6 Å². The molecule has 0 saturated carbocycles. The van der Waals surface area contributed by atoms with Crippen molar-refractivity contribution < 1.29 is 8.42 Å². The van der Waals surface area contributed by atoms with Crippen LogP contribution in [0.1, 0.15) is 0 Å². The molecule has 2 aromatic rings. The van der Waals surface area contributed by atoms with E-state index in [4.69, 9.17) is 5.73 Å². The molecule has 0 aromatic carbocycles. The average molecular weight is 268 g/mol. The van der Waals surface area contributed by atoms with Gasteiger partial charge in [-0.05, 0) is 6.07 Å². The van der Waals surface area contributed by atoms with Gasteiger partial charge in [0.2, 0.25) is 0 Å². The van der Waals surface area contributed by atoms with Gasteiger partial charge in [0, 0.05) is 25.7 Å². The Kier molecular flexibility index (Phi) is 2.91. The molecule has 0 aliphatic carbocycles. The zero-order chi connectivity index (χ0) is 13.3. The highest BCUT2D eigenvalue weighted by Crippen LogP contribution is 2.27. The van der Waals surface area contributed by atoms with Crippen LogP contribution in [0.3, 0.4) is 0 Å². The Hall–Kier alpha value is -2.16. The second-order valence-electron chi connectivity index (χ2n) is 3.55.